The minimum atomic E-state index is -1.23. The first-order valence-electron chi connectivity index (χ1n) is 4.97. The van der Waals surface area contributed by atoms with Gasteiger partial charge in [0.15, 0.2) is 0 Å². The van der Waals surface area contributed by atoms with Gasteiger partial charge in [0, 0.05) is 17.8 Å². The Morgan fingerprint density at radius 2 is 1.78 bits per heavy atom. The highest BCUT2D eigenvalue weighted by Crippen LogP contribution is 2.21. The maximum atomic E-state index is 13.0. The zero-order chi connectivity index (χ0) is 13.1. The molecule has 4 nitrogen and oxygen atoms in total. The summed E-state index contributed by atoms with van der Waals surface area (Å²) in [6.07, 6.45) is 0.103. The number of rotatable bonds is 2. The number of amides is 1. The van der Waals surface area contributed by atoms with Gasteiger partial charge < -0.3 is 5.11 Å². The van der Waals surface area contributed by atoms with Crippen LogP contribution >= 0.6 is 0 Å². The molecule has 2 aromatic rings. The number of pyridine rings is 1. The van der Waals surface area contributed by atoms with Gasteiger partial charge in [0.25, 0.3) is 0 Å². The van der Waals surface area contributed by atoms with E-state index < -0.39 is 17.7 Å². The van der Waals surface area contributed by atoms with Crippen LogP contribution in [0.25, 0.3) is 11.1 Å². The standard InChI is InChI=1S/C12H8F2N2O2/c13-9-3-8(4-10(14)5-9)7-1-2-11(15-6-7)16-12(17)18/h1-6H,(H,15,16)(H,17,18). The zero-order valence-electron chi connectivity index (χ0n) is 9.02. The normalized spacial score (nSPS) is 10.1. The fourth-order valence-corrected chi connectivity index (χ4v) is 1.47. The van der Waals surface area contributed by atoms with Crippen molar-refractivity contribution in [3.8, 4) is 11.1 Å². The van der Waals surface area contributed by atoms with Gasteiger partial charge in [-0.3, -0.25) is 5.32 Å². The number of nitrogens with one attached hydrogen (secondary N) is 1. The number of benzene rings is 1. The summed E-state index contributed by atoms with van der Waals surface area (Å²) in [5.41, 5.74) is 0.825. The van der Waals surface area contributed by atoms with Crippen LogP contribution < -0.4 is 5.32 Å². The third-order valence-corrected chi connectivity index (χ3v) is 2.19. The third kappa shape index (κ3) is 2.79. The Morgan fingerprint density at radius 1 is 1.11 bits per heavy atom. The second-order valence-electron chi connectivity index (χ2n) is 3.52. The van der Waals surface area contributed by atoms with E-state index in [9.17, 15) is 13.6 Å². The first-order valence-corrected chi connectivity index (χ1v) is 4.97. The molecule has 0 aliphatic heterocycles. The number of carboxylic acid groups (broad SMARTS) is 1. The van der Waals surface area contributed by atoms with Crippen LogP contribution in [0.4, 0.5) is 19.4 Å². The quantitative estimate of drug-likeness (QED) is 0.860. The summed E-state index contributed by atoms with van der Waals surface area (Å²) < 4.78 is 26.0. The van der Waals surface area contributed by atoms with E-state index >= 15 is 0 Å². The van der Waals surface area contributed by atoms with Crippen LogP contribution in [-0.2, 0) is 0 Å². The SMILES string of the molecule is O=C(O)Nc1ccc(-c2cc(F)cc(F)c2)cn1. The number of nitrogens with zero attached hydrogens (tertiary/aromatic N) is 1. The molecule has 0 spiro atoms. The second kappa shape index (κ2) is 4.79. The van der Waals surface area contributed by atoms with Crippen LogP contribution in [0.5, 0.6) is 0 Å². The van der Waals surface area contributed by atoms with E-state index in [4.69, 9.17) is 5.11 Å². The zero-order valence-corrected chi connectivity index (χ0v) is 9.02. The number of anilines is 1. The molecule has 6 heteroatoms. The van der Waals surface area contributed by atoms with Gasteiger partial charge in [-0.25, -0.2) is 18.6 Å². The molecule has 0 radical (unpaired) electrons. The topological polar surface area (TPSA) is 62.2 Å². The highest BCUT2D eigenvalue weighted by atomic mass is 19.1. The van der Waals surface area contributed by atoms with E-state index in [1.165, 1.54) is 30.5 Å². The van der Waals surface area contributed by atoms with Crippen molar-refractivity contribution in [2.75, 3.05) is 5.32 Å². The fourth-order valence-electron chi connectivity index (χ4n) is 1.47. The molecule has 2 rings (SSSR count). The molecule has 1 aromatic heterocycles. The fraction of sp³-hybridized carbons (Fsp3) is 0. The van der Waals surface area contributed by atoms with Gasteiger partial charge in [-0.1, -0.05) is 0 Å². The Kier molecular flexibility index (Phi) is 3.18. The van der Waals surface area contributed by atoms with Gasteiger partial charge in [0.05, 0.1) is 0 Å². The summed E-state index contributed by atoms with van der Waals surface area (Å²) in [6, 6.07) is 6.05. The predicted octanol–water partition coefficient (Wildman–Crippen LogP) is 3.12. The van der Waals surface area contributed by atoms with E-state index in [0.717, 1.165) is 6.07 Å². The molecular formula is C12H8F2N2O2. The van der Waals surface area contributed by atoms with Crippen molar-refractivity contribution >= 4 is 11.9 Å². The van der Waals surface area contributed by atoms with Crippen LogP contribution in [-0.4, -0.2) is 16.2 Å². The number of carbonyl (C=O) groups is 1. The van der Waals surface area contributed by atoms with Gasteiger partial charge in [0.1, 0.15) is 17.5 Å². The summed E-state index contributed by atoms with van der Waals surface area (Å²) >= 11 is 0. The number of halogens is 2. The average Bonchev–Trinajstić information content (AvgIpc) is 2.27. The highest BCUT2D eigenvalue weighted by molar-refractivity contribution is 5.81. The molecule has 0 aliphatic carbocycles. The van der Waals surface area contributed by atoms with Gasteiger partial charge >= 0.3 is 6.09 Å². The smallest absolute Gasteiger partial charge is 0.410 e. The van der Waals surface area contributed by atoms with Crippen molar-refractivity contribution in [2.24, 2.45) is 0 Å². The highest BCUT2D eigenvalue weighted by Gasteiger charge is 2.05. The summed E-state index contributed by atoms with van der Waals surface area (Å²) in [5, 5.41) is 10.5. The van der Waals surface area contributed by atoms with Crippen molar-refractivity contribution in [1.29, 1.82) is 0 Å². The van der Waals surface area contributed by atoms with Crippen molar-refractivity contribution in [3.05, 3.63) is 48.2 Å². The van der Waals surface area contributed by atoms with Crippen LogP contribution in [0.3, 0.4) is 0 Å². The minimum absolute atomic E-state index is 0.142. The number of hydrogen-bond donors (Lipinski definition) is 2. The van der Waals surface area contributed by atoms with E-state index in [-0.39, 0.29) is 5.82 Å². The first kappa shape index (κ1) is 12.0. The third-order valence-electron chi connectivity index (χ3n) is 2.19. The van der Waals surface area contributed by atoms with Gasteiger partial charge in [-0.2, -0.15) is 0 Å². The molecule has 0 fully saturated rings. The molecule has 0 saturated carbocycles. The van der Waals surface area contributed by atoms with Crippen molar-refractivity contribution in [2.45, 2.75) is 0 Å². The first-order chi connectivity index (χ1) is 8.54. The molecule has 1 aromatic carbocycles. The molecule has 1 amide bonds. The van der Waals surface area contributed by atoms with Crippen LogP contribution in [0.1, 0.15) is 0 Å². The Hall–Kier alpha value is -2.50. The molecule has 0 unspecified atom stereocenters. The van der Waals surface area contributed by atoms with Crippen LogP contribution in [0.2, 0.25) is 0 Å². The summed E-state index contributed by atoms with van der Waals surface area (Å²) in [4.78, 5) is 14.2. The molecule has 1 heterocycles. The lowest BCUT2D eigenvalue weighted by Crippen LogP contribution is -2.08. The Balaban J connectivity index is 2.31. The maximum absolute atomic E-state index is 13.0. The summed E-state index contributed by atoms with van der Waals surface area (Å²) in [6.45, 7) is 0. The molecule has 18 heavy (non-hydrogen) atoms. The van der Waals surface area contributed by atoms with Crippen molar-refractivity contribution < 1.29 is 18.7 Å². The van der Waals surface area contributed by atoms with Gasteiger partial charge in [-0.15, -0.1) is 0 Å². The lowest BCUT2D eigenvalue weighted by molar-refractivity contribution is 0.209. The molecule has 0 atom stereocenters. The average molecular weight is 250 g/mol. The lowest BCUT2D eigenvalue weighted by atomic mass is 10.1. The second-order valence-corrected chi connectivity index (χ2v) is 3.52. The number of hydrogen-bond acceptors (Lipinski definition) is 2. The molecular weight excluding hydrogens is 242 g/mol. The van der Waals surface area contributed by atoms with Crippen molar-refractivity contribution in [3.63, 3.8) is 0 Å². The van der Waals surface area contributed by atoms with E-state index in [0.29, 0.717) is 11.1 Å². The summed E-state index contributed by atoms with van der Waals surface area (Å²) in [7, 11) is 0. The predicted molar refractivity (Wildman–Crippen MR) is 61.2 cm³/mol. The largest absolute Gasteiger partial charge is 0.465 e. The van der Waals surface area contributed by atoms with Crippen LogP contribution in [0, 0.1) is 11.6 Å². The molecule has 0 saturated heterocycles. The lowest BCUT2D eigenvalue weighted by Gasteiger charge is -2.04. The van der Waals surface area contributed by atoms with Crippen LogP contribution in [0.15, 0.2) is 36.5 Å². The van der Waals surface area contributed by atoms with Gasteiger partial charge in [0.2, 0.25) is 0 Å². The van der Waals surface area contributed by atoms with E-state index in [1.54, 1.807) is 0 Å². The Labute approximate surface area is 101 Å². The monoisotopic (exact) mass is 250 g/mol. The molecule has 2 N–H and O–H groups in total. The summed E-state index contributed by atoms with van der Waals surface area (Å²) in [5.74, 6) is -1.22. The molecule has 92 valence electrons. The van der Waals surface area contributed by atoms with E-state index in [2.05, 4.69) is 10.3 Å². The van der Waals surface area contributed by atoms with E-state index in [1.807, 2.05) is 0 Å². The van der Waals surface area contributed by atoms with Crippen molar-refractivity contribution in [1.82, 2.24) is 4.98 Å². The maximum Gasteiger partial charge on any atom is 0.410 e. The molecule has 0 bridgehead atoms. The molecule has 0 aliphatic rings. The number of aromatic nitrogens is 1. The Bertz CT molecular complexity index is 565. The minimum Gasteiger partial charge on any atom is -0.465 e. The van der Waals surface area contributed by atoms with Gasteiger partial charge in [-0.05, 0) is 29.8 Å². The Morgan fingerprint density at radius 3 is 2.28 bits per heavy atom.